The largest absolute Gasteiger partial charge is 0.497 e. The Hall–Kier alpha value is -2.93. The predicted octanol–water partition coefficient (Wildman–Crippen LogP) is 3.90. The molecule has 3 aromatic rings. The number of pyridine rings is 1. The maximum Gasteiger partial charge on any atom is 0.192 e. The summed E-state index contributed by atoms with van der Waals surface area (Å²) in [6.07, 6.45) is 5.21. The Labute approximate surface area is 162 Å². The standard InChI is InChI=1S/C20H20N4O2S/c1-4-13-24-19(16-9-11-21-12-10-16)22-23-20(24)27-14(2)18(25)15-5-7-17(26-3)8-6-15/h4-12,14H,1,13H2,2-3H3/t14-/m0/s1. The van der Waals surface area contributed by atoms with Gasteiger partial charge < -0.3 is 4.74 Å². The number of hydrogen-bond donors (Lipinski definition) is 0. The smallest absolute Gasteiger partial charge is 0.192 e. The summed E-state index contributed by atoms with van der Waals surface area (Å²) >= 11 is 1.38. The average Bonchev–Trinajstić information content (AvgIpc) is 3.10. The highest BCUT2D eigenvalue weighted by Gasteiger charge is 2.21. The topological polar surface area (TPSA) is 69.9 Å². The van der Waals surface area contributed by atoms with Crippen LogP contribution in [-0.2, 0) is 6.54 Å². The summed E-state index contributed by atoms with van der Waals surface area (Å²) in [5.74, 6) is 1.48. The van der Waals surface area contributed by atoms with E-state index in [4.69, 9.17) is 4.74 Å². The minimum atomic E-state index is -0.309. The monoisotopic (exact) mass is 380 g/mol. The minimum Gasteiger partial charge on any atom is -0.497 e. The lowest BCUT2D eigenvalue weighted by molar-refractivity contribution is 0.0994. The molecule has 2 aromatic heterocycles. The summed E-state index contributed by atoms with van der Waals surface area (Å²) in [5.41, 5.74) is 1.56. The molecule has 1 atom stereocenters. The number of rotatable bonds is 8. The van der Waals surface area contributed by atoms with Crippen molar-refractivity contribution in [2.24, 2.45) is 0 Å². The van der Waals surface area contributed by atoms with Gasteiger partial charge in [-0.15, -0.1) is 16.8 Å². The van der Waals surface area contributed by atoms with Crippen LogP contribution in [0.15, 0.2) is 66.6 Å². The SMILES string of the molecule is C=CCn1c(S[C@@H](C)C(=O)c2ccc(OC)cc2)nnc1-c1ccncc1. The first-order chi connectivity index (χ1) is 13.1. The van der Waals surface area contributed by atoms with Crippen molar-refractivity contribution in [1.29, 1.82) is 0 Å². The van der Waals surface area contributed by atoms with E-state index in [1.807, 2.05) is 23.6 Å². The van der Waals surface area contributed by atoms with Gasteiger partial charge in [0.2, 0.25) is 0 Å². The van der Waals surface area contributed by atoms with Gasteiger partial charge in [-0.05, 0) is 43.3 Å². The summed E-state index contributed by atoms with van der Waals surface area (Å²) < 4.78 is 7.09. The Kier molecular flexibility index (Phi) is 6.03. The van der Waals surface area contributed by atoms with E-state index in [-0.39, 0.29) is 11.0 Å². The van der Waals surface area contributed by atoms with Crippen molar-refractivity contribution in [2.45, 2.75) is 23.9 Å². The van der Waals surface area contributed by atoms with Crippen LogP contribution in [-0.4, -0.2) is 37.9 Å². The highest BCUT2D eigenvalue weighted by Crippen LogP contribution is 2.28. The fourth-order valence-electron chi connectivity index (χ4n) is 2.59. The maximum absolute atomic E-state index is 12.7. The molecule has 6 nitrogen and oxygen atoms in total. The molecule has 1 aromatic carbocycles. The zero-order chi connectivity index (χ0) is 19.2. The van der Waals surface area contributed by atoms with E-state index in [1.54, 1.807) is 49.8 Å². The number of thioether (sulfide) groups is 1. The van der Waals surface area contributed by atoms with Crippen LogP contribution in [0.25, 0.3) is 11.4 Å². The lowest BCUT2D eigenvalue weighted by Crippen LogP contribution is -2.14. The minimum absolute atomic E-state index is 0.0290. The number of Topliss-reactive ketones (excluding diaryl/α,β-unsaturated/α-hetero) is 1. The molecule has 0 saturated heterocycles. The predicted molar refractivity (Wildman–Crippen MR) is 106 cm³/mol. The van der Waals surface area contributed by atoms with Gasteiger partial charge in [0, 0.05) is 30.1 Å². The first kappa shape index (κ1) is 18.8. The van der Waals surface area contributed by atoms with Crippen LogP contribution in [0.4, 0.5) is 0 Å². The molecule has 0 radical (unpaired) electrons. The van der Waals surface area contributed by atoms with Gasteiger partial charge in [-0.2, -0.15) is 0 Å². The van der Waals surface area contributed by atoms with E-state index >= 15 is 0 Å². The third-order valence-electron chi connectivity index (χ3n) is 3.99. The number of allylic oxidation sites excluding steroid dienone is 1. The van der Waals surface area contributed by atoms with E-state index in [1.165, 1.54) is 11.8 Å². The van der Waals surface area contributed by atoms with E-state index in [0.29, 0.717) is 17.3 Å². The molecule has 0 spiro atoms. The van der Waals surface area contributed by atoms with Gasteiger partial charge >= 0.3 is 0 Å². The normalized spacial score (nSPS) is 11.8. The number of benzene rings is 1. The Morgan fingerprint density at radius 1 is 1.22 bits per heavy atom. The van der Waals surface area contributed by atoms with Crippen molar-refractivity contribution >= 4 is 17.5 Å². The van der Waals surface area contributed by atoms with Crippen LogP contribution in [0.5, 0.6) is 5.75 Å². The van der Waals surface area contributed by atoms with Crippen molar-refractivity contribution in [1.82, 2.24) is 19.7 Å². The second kappa shape index (κ2) is 8.64. The van der Waals surface area contributed by atoms with E-state index in [0.717, 1.165) is 17.1 Å². The highest BCUT2D eigenvalue weighted by atomic mass is 32.2. The first-order valence-electron chi connectivity index (χ1n) is 8.43. The van der Waals surface area contributed by atoms with Crippen LogP contribution in [0.1, 0.15) is 17.3 Å². The molecule has 0 N–H and O–H groups in total. The number of ketones is 1. The summed E-state index contributed by atoms with van der Waals surface area (Å²) in [4.78, 5) is 16.8. The number of carbonyl (C=O) groups is 1. The van der Waals surface area contributed by atoms with Crippen molar-refractivity contribution < 1.29 is 9.53 Å². The molecule has 2 heterocycles. The third-order valence-corrected chi connectivity index (χ3v) is 5.07. The lowest BCUT2D eigenvalue weighted by Gasteiger charge is -2.12. The number of carbonyl (C=O) groups excluding carboxylic acids is 1. The van der Waals surface area contributed by atoms with Crippen molar-refractivity contribution in [3.8, 4) is 17.1 Å². The number of ether oxygens (including phenoxy) is 1. The van der Waals surface area contributed by atoms with Gasteiger partial charge in [-0.3, -0.25) is 14.3 Å². The van der Waals surface area contributed by atoms with Crippen LogP contribution < -0.4 is 4.74 Å². The van der Waals surface area contributed by atoms with Gasteiger partial charge in [0.25, 0.3) is 0 Å². The van der Waals surface area contributed by atoms with Gasteiger partial charge in [-0.1, -0.05) is 17.8 Å². The second-order valence-corrected chi connectivity index (χ2v) is 7.10. The molecular formula is C20H20N4O2S. The molecule has 0 unspecified atom stereocenters. The van der Waals surface area contributed by atoms with Gasteiger partial charge in [0.15, 0.2) is 16.8 Å². The Morgan fingerprint density at radius 3 is 2.56 bits per heavy atom. The molecule has 27 heavy (non-hydrogen) atoms. The van der Waals surface area contributed by atoms with Crippen molar-refractivity contribution in [3.05, 3.63) is 67.0 Å². The second-order valence-electron chi connectivity index (χ2n) is 5.79. The summed E-state index contributed by atoms with van der Waals surface area (Å²) in [5, 5.41) is 8.96. The van der Waals surface area contributed by atoms with Gasteiger partial charge in [0.05, 0.1) is 12.4 Å². The number of methoxy groups -OCH3 is 1. The quantitative estimate of drug-likeness (QED) is 0.335. The third kappa shape index (κ3) is 4.25. The lowest BCUT2D eigenvalue weighted by atomic mass is 10.1. The van der Waals surface area contributed by atoms with Crippen molar-refractivity contribution in [2.75, 3.05) is 7.11 Å². The zero-order valence-electron chi connectivity index (χ0n) is 15.2. The Bertz CT molecular complexity index is 923. The molecule has 138 valence electrons. The van der Waals surface area contributed by atoms with E-state index < -0.39 is 0 Å². The number of nitrogens with zero attached hydrogens (tertiary/aromatic N) is 4. The van der Waals surface area contributed by atoms with Gasteiger partial charge in [0.1, 0.15) is 5.75 Å². The molecule has 7 heteroatoms. The van der Waals surface area contributed by atoms with Crippen LogP contribution in [0.3, 0.4) is 0 Å². The Balaban J connectivity index is 1.82. The first-order valence-corrected chi connectivity index (χ1v) is 9.31. The number of aromatic nitrogens is 4. The molecule has 3 rings (SSSR count). The van der Waals surface area contributed by atoms with Crippen LogP contribution in [0.2, 0.25) is 0 Å². The molecule has 0 amide bonds. The van der Waals surface area contributed by atoms with Crippen LogP contribution >= 0.6 is 11.8 Å². The molecular weight excluding hydrogens is 360 g/mol. The van der Waals surface area contributed by atoms with Crippen LogP contribution in [0, 0.1) is 0 Å². The summed E-state index contributed by atoms with van der Waals surface area (Å²) in [7, 11) is 1.60. The molecule has 0 aliphatic carbocycles. The average molecular weight is 380 g/mol. The summed E-state index contributed by atoms with van der Waals surface area (Å²) in [6, 6.07) is 10.9. The molecule has 0 bridgehead atoms. The van der Waals surface area contributed by atoms with E-state index in [9.17, 15) is 4.79 Å². The number of hydrogen-bond acceptors (Lipinski definition) is 6. The fourth-order valence-corrected chi connectivity index (χ4v) is 3.52. The summed E-state index contributed by atoms with van der Waals surface area (Å²) in [6.45, 7) is 6.24. The zero-order valence-corrected chi connectivity index (χ0v) is 16.0. The van der Waals surface area contributed by atoms with Gasteiger partial charge in [-0.25, -0.2) is 0 Å². The Morgan fingerprint density at radius 2 is 1.93 bits per heavy atom. The van der Waals surface area contributed by atoms with Crippen molar-refractivity contribution in [3.63, 3.8) is 0 Å². The molecule has 0 aliphatic heterocycles. The maximum atomic E-state index is 12.7. The molecule has 0 fully saturated rings. The highest BCUT2D eigenvalue weighted by molar-refractivity contribution is 8.00. The van der Waals surface area contributed by atoms with E-state index in [2.05, 4.69) is 21.8 Å². The fraction of sp³-hybridized carbons (Fsp3) is 0.200. The molecule has 0 saturated carbocycles. The molecule has 0 aliphatic rings.